The number of likely N-dealkylation sites (tertiary alicyclic amines) is 1. The molecule has 2 saturated heterocycles. The SMILES string of the molecule is Cc1ccc(S(=O)(=O)N2CCCCC2C)cc1C(=O)NCC(C)CN1CCCC1. The van der Waals surface area contributed by atoms with Crippen LogP contribution in [-0.4, -0.2) is 62.3 Å². The van der Waals surface area contributed by atoms with Crippen molar-refractivity contribution in [1.29, 1.82) is 0 Å². The van der Waals surface area contributed by atoms with Crippen molar-refractivity contribution in [2.75, 3.05) is 32.7 Å². The predicted octanol–water partition coefficient (Wildman–Crippen LogP) is 3.02. The van der Waals surface area contributed by atoms with E-state index in [1.54, 1.807) is 22.5 Å². The Morgan fingerprint density at radius 3 is 2.55 bits per heavy atom. The Labute approximate surface area is 175 Å². The molecule has 0 radical (unpaired) electrons. The van der Waals surface area contributed by atoms with Crippen LogP contribution in [0.1, 0.15) is 61.9 Å². The zero-order chi connectivity index (χ0) is 21.0. The van der Waals surface area contributed by atoms with Gasteiger partial charge >= 0.3 is 0 Å². The molecule has 0 saturated carbocycles. The van der Waals surface area contributed by atoms with Crippen molar-refractivity contribution < 1.29 is 13.2 Å². The summed E-state index contributed by atoms with van der Waals surface area (Å²) < 4.78 is 27.8. The summed E-state index contributed by atoms with van der Waals surface area (Å²) in [5.41, 5.74) is 1.24. The fourth-order valence-corrected chi connectivity index (χ4v) is 6.13. The fourth-order valence-electron chi connectivity index (χ4n) is 4.40. The van der Waals surface area contributed by atoms with Crippen molar-refractivity contribution in [2.45, 2.75) is 63.8 Å². The average molecular weight is 422 g/mol. The molecule has 2 fully saturated rings. The standard InChI is InChI=1S/C22H35N3O3S/c1-17(16-24-11-6-7-12-24)15-23-22(26)21-14-20(10-9-18(21)2)29(27,28)25-13-5-4-8-19(25)3/h9-10,14,17,19H,4-8,11-13,15-16H2,1-3H3,(H,23,26). The molecule has 0 aliphatic carbocycles. The van der Waals surface area contributed by atoms with Crippen LogP contribution < -0.4 is 5.32 Å². The van der Waals surface area contributed by atoms with Crippen molar-refractivity contribution in [3.63, 3.8) is 0 Å². The summed E-state index contributed by atoms with van der Waals surface area (Å²) in [6.45, 7) is 10.4. The molecule has 6 nitrogen and oxygen atoms in total. The third kappa shape index (κ3) is 5.38. The third-order valence-corrected chi connectivity index (χ3v) is 8.19. The number of piperidine rings is 1. The number of rotatable bonds is 7. The first-order chi connectivity index (χ1) is 13.8. The molecule has 1 N–H and O–H groups in total. The van der Waals surface area contributed by atoms with E-state index in [1.165, 1.54) is 12.8 Å². The smallest absolute Gasteiger partial charge is 0.251 e. The van der Waals surface area contributed by atoms with Gasteiger partial charge in [-0.15, -0.1) is 0 Å². The van der Waals surface area contributed by atoms with Gasteiger partial charge in [-0.2, -0.15) is 4.31 Å². The van der Waals surface area contributed by atoms with Crippen LogP contribution in [0.25, 0.3) is 0 Å². The van der Waals surface area contributed by atoms with Gasteiger partial charge in [0.05, 0.1) is 4.90 Å². The number of hydrogen-bond acceptors (Lipinski definition) is 4. The van der Waals surface area contributed by atoms with Crippen LogP contribution in [0.2, 0.25) is 0 Å². The summed E-state index contributed by atoms with van der Waals surface area (Å²) in [7, 11) is -3.58. The number of nitrogens with one attached hydrogen (secondary N) is 1. The van der Waals surface area contributed by atoms with Crippen LogP contribution in [0.15, 0.2) is 23.1 Å². The summed E-state index contributed by atoms with van der Waals surface area (Å²) in [5, 5.41) is 3.01. The quantitative estimate of drug-likeness (QED) is 0.735. The van der Waals surface area contributed by atoms with E-state index in [0.717, 1.165) is 44.5 Å². The molecule has 2 aliphatic rings. The molecule has 2 unspecified atom stereocenters. The van der Waals surface area contributed by atoms with E-state index in [2.05, 4.69) is 17.1 Å². The van der Waals surface area contributed by atoms with Gasteiger partial charge in [0.25, 0.3) is 5.91 Å². The van der Waals surface area contributed by atoms with Crippen LogP contribution in [0.3, 0.4) is 0 Å². The van der Waals surface area contributed by atoms with Gasteiger partial charge in [-0.1, -0.05) is 19.4 Å². The molecule has 0 aromatic heterocycles. The zero-order valence-electron chi connectivity index (χ0n) is 18.0. The van der Waals surface area contributed by atoms with E-state index in [1.807, 2.05) is 13.8 Å². The topological polar surface area (TPSA) is 69.7 Å². The molecule has 29 heavy (non-hydrogen) atoms. The summed E-state index contributed by atoms with van der Waals surface area (Å²) in [5.74, 6) is 0.165. The lowest BCUT2D eigenvalue weighted by Gasteiger charge is -2.32. The maximum absolute atomic E-state index is 13.1. The maximum Gasteiger partial charge on any atom is 0.251 e. The Bertz CT molecular complexity index is 819. The van der Waals surface area contributed by atoms with E-state index in [-0.39, 0.29) is 16.8 Å². The van der Waals surface area contributed by atoms with E-state index < -0.39 is 10.0 Å². The number of benzene rings is 1. The van der Waals surface area contributed by atoms with Crippen LogP contribution in [0.5, 0.6) is 0 Å². The predicted molar refractivity (Wildman–Crippen MR) is 116 cm³/mol. The highest BCUT2D eigenvalue weighted by Gasteiger charge is 2.31. The second-order valence-corrected chi connectivity index (χ2v) is 10.7. The average Bonchev–Trinajstić information content (AvgIpc) is 3.19. The van der Waals surface area contributed by atoms with Crippen LogP contribution in [-0.2, 0) is 10.0 Å². The molecule has 0 bridgehead atoms. The number of amides is 1. The Hall–Kier alpha value is -1.44. The summed E-state index contributed by atoms with van der Waals surface area (Å²) in [4.78, 5) is 15.4. The number of aryl methyl sites for hydroxylation is 1. The first-order valence-electron chi connectivity index (χ1n) is 10.9. The molecular formula is C22H35N3O3S. The molecule has 2 aliphatic heterocycles. The number of nitrogens with zero attached hydrogens (tertiary/aromatic N) is 2. The molecule has 2 heterocycles. The molecule has 162 valence electrons. The first kappa shape index (κ1) is 22.2. The molecule has 1 aromatic rings. The minimum absolute atomic E-state index is 0.00114. The van der Waals surface area contributed by atoms with Gasteiger partial charge in [0, 0.05) is 31.2 Å². The Balaban J connectivity index is 1.68. The highest BCUT2D eigenvalue weighted by Crippen LogP contribution is 2.26. The van der Waals surface area contributed by atoms with Crippen molar-refractivity contribution in [3.05, 3.63) is 29.3 Å². The summed E-state index contributed by atoms with van der Waals surface area (Å²) in [6, 6.07) is 4.91. The van der Waals surface area contributed by atoms with Crippen molar-refractivity contribution in [1.82, 2.24) is 14.5 Å². The molecule has 2 atom stereocenters. The minimum Gasteiger partial charge on any atom is -0.352 e. The van der Waals surface area contributed by atoms with Crippen molar-refractivity contribution >= 4 is 15.9 Å². The van der Waals surface area contributed by atoms with Gasteiger partial charge in [0.1, 0.15) is 0 Å². The molecule has 3 rings (SSSR count). The Morgan fingerprint density at radius 1 is 1.17 bits per heavy atom. The van der Waals surface area contributed by atoms with Gasteiger partial charge in [0.15, 0.2) is 0 Å². The third-order valence-electron chi connectivity index (χ3n) is 6.18. The van der Waals surface area contributed by atoms with Crippen molar-refractivity contribution in [2.24, 2.45) is 5.92 Å². The van der Waals surface area contributed by atoms with Gasteiger partial charge in [-0.25, -0.2) is 8.42 Å². The van der Waals surface area contributed by atoms with Gasteiger partial charge in [0.2, 0.25) is 10.0 Å². The largest absolute Gasteiger partial charge is 0.352 e. The Kier molecular flexibility index (Phi) is 7.35. The minimum atomic E-state index is -3.58. The van der Waals surface area contributed by atoms with Crippen molar-refractivity contribution in [3.8, 4) is 0 Å². The summed E-state index contributed by atoms with van der Waals surface area (Å²) in [6.07, 6.45) is 5.35. The highest BCUT2D eigenvalue weighted by atomic mass is 32.2. The lowest BCUT2D eigenvalue weighted by molar-refractivity contribution is 0.0944. The second kappa shape index (κ2) is 9.58. The lowest BCUT2D eigenvalue weighted by Crippen LogP contribution is -2.42. The maximum atomic E-state index is 13.1. The normalized spacial score (nSPS) is 22.5. The fraction of sp³-hybridized carbons (Fsp3) is 0.682. The van der Waals surface area contributed by atoms with Crippen LogP contribution >= 0.6 is 0 Å². The van der Waals surface area contributed by atoms with E-state index in [4.69, 9.17) is 0 Å². The number of carbonyl (C=O) groups is 1. The number of hydrogen-bond donors (Lipinski definition) is 1. The van der Waals surface area contributed by atoms with E-state index >= 15 is 0 Å². The molecule has 7 heteroatoms. The molecule has 1 amide bonds. The molecular weight excluding hydrogens is 386 g/mol. The van der Waals surface area contributed by atoms with Gasteiger partial charge in [-0.3, -0.25) is 4.79 Å². The zero-order valence-corrected chi connectivity index (χ0v) is 18.8. The Morgan fingerprint density at radius 2 is 1.86 bits per heavy atom. The summed E-state index contributed by atoms with van der Waals surface area (Å²) >= 11 is 0. The first-order valence-corrected chi connectivity index (χ1v) is 12.4. The van der Waals surface area contributed by atoms with Gasteiger partial charge < -0.3 is 10.2 Å². The number of sulfonamides is 1. The van der Waals surface area contributed by atoms with E-state index in [9.17, 15) is 13.2 Å². The van der Waals surface area contributed by atoms with E-state index in [0.29, 0.717) is 24.6 Å². The highest BCUT2D eigenvalue weighted by molar-refractivity contribution is 7.89. The van der Waals surface area contributed by atoms with Crippen LogP contribution in [0, 0.1) is 12.8 Å². The number of carbonyl (C=O) groups excluding carboxylic acids is 1. The second-order valence-electron chi connectivity index (χ2n) is 8.76. The molecule has 1 aromatic carbocycles. The molecule has 0 spiro atoms. The van der Waals surface area contributed by atoms with Crippen LogP contribution in [0.4, 0.5) is 0 Å². The van der Waals surface area contributed by atoms with Gasteiger partial charge in [-0.05, 0) is 76.2 Å². The monoisotopic (exact) mass is 421 g/mol. The lowest BCUT2D eigenvalue weighted by atomic mass is 10.1.